The van der Waals surface area contributed by atoms with Crippen LogP contribution in [0.15, 0.2) is 18.3 Å². The molecule has 0 aromatic carbocycles. The molecule has 3 nitrogen and oxygen atoms in total. The van der Waals surface area contributed by atoms with E-state index in [9.17, 15) is 0 Å². The Morgan fingerprint density at radius 3 is 2.59 bits per heavy atom. The van der Waals surface area contributed by atoms with Gasteiger partial charge in [-0.15, -0.1) is 0 Å². The van der Waals surface area contributed by atoms with E-state index in [2.05, 4.69) is 15.5 Å². The second kappa shape index (κ2) is 7.38. The molecule has 1 fully saturated rings. The molecule has 1 saturated carbocycles. The molecule has 1 aromatic heterocycles. The van der Waals surface area contributed by atoms with E-state index >= 15 is 0 Å². The Bertz CT molecular complexity index is 292. The molecule has 1 aromatic rings. The Balaban J connectivity index is 1.66. The second-order valence-corrected chi connectivity index (χ2v) is 5.06. The maximum absolute atomic E-state index is 4.08. The summed E-state index contributed by atoms with van der Waals surface area (Å²) in [7, 11) is 0. The van der Waals surface area contributed by atoms with E-state index in [1.165, 1.54) is 44.9 Å². The van der Waals surface area contributed by atoms with Crippen LogP contribution < -0.4 is 5.32 Å². The van der Waals surface area contributed by atoms with Crippen LogP contribution in [0, 0.1) is 5.92 Å². The molecule has 0 amide bonds. The van der Waals surface area contributed by atoms with Gasteiger partial charge in [0.2, 0.25) is 0 Å². The highest BCUT2D eigenvalue weighted by Crippen LogP contribution is 2.21. The molecule has 94 valence electrons. The van der Waals surface area contributed by atoms with Crippen molar-refractivity contribution in [2.45, 2.75) is 51.5 Å². The molecule has 1 heterocycles. The van der Waals surface area contributed by atoms with Gasteiger partial charge < -0.3 is 5.32 Å². The summed E-state index contributed by atoms with van der Waals surface area (Å²) in [5.41, 5.74) is 1.04. The van der Waals surface area contributed by atoms with Crippen molar-refractivity contribution in [1.29, 1.82) is 0 Å². The monoisotopic (exact) mass is 233 g/mol. The lowest BCUT2D eigenvalue weighted by Crippen LogP contribution is -2.23. The van der Waals surface area contributed by atoms with Crippen molar-refractivity contribution in [3.8, 4) is 0 Å². The predicted molar refractivity (Wildman–Crippen MR) is 69.5 cm³/mol. The lowest BCUT2D eigenvalue weighted by molar-refractivity contribution is 0.360. The zero-order valence-corrected chi connectivity index (χ0v) is 10.6. The minimum absolute atomic E-state index is 0.852. The fraction of sp³-hybridized carbons (Fsp3) is 0.714. The third-order valence-electron chi connectivity index (χ3n) is 3.59. The average molecular weight is 233 g/mol. The van der Waals surface area contributed by atoms with Gasteiger partial charge >= 0.3 is 0 Å². The quantitative estimate of drug-likeness (QED) is 0.869. The first-order chi connectivity index (χ1) is 8.45. The van der Waals surface area contributed by atoms with E-state index in [-0.39, 0.29) is 0 Å². The molecule has 1 N–H and O–H groups in total. The molecule has 0 radical (unpaired) electrons. The summed E-state index contributed by atoms with van der Waals surface area (Å²) in [5.74, 6) is 0.868. The van der Waals surface area contributed by atoms with E-state index in [1.54, 1.807) is 6.20 Å². The minimum Gasteiger partial charge on any atom is -0.311 e. The topological polar surface area (TPSA) is 37.8 Å². The van der Waals surface area contributed by atoms with Crippen molar-refractivity contribution in [2.24, 2.45) is 5.92 Å². The summed E-state index contributed by atoms with van der Waals surface area (Å²) >= 11 is 0. The summed E-state index contributed by atoms with van der Waals surface area (Å²) in [6.07, 6.45) is 11.6. The maximum Gasteiger partial charge on any atom is 0.0768 e. The summed E-state index contributed by atoms with van der Waals surface area (Å²) in [4.78, 5) is 0. The second-order valence-electron chi connectivity index (χ2n) is 5.06. The number of hydrogen-bond donors (Lipinski definition) is 1. The molecule has 0 saturated heterocycles. The highest BCUT2D eigenvalue weighted by molar-refractivity contribution is 4.98. The van der Waals surface area contributed by atoms with Crippen LogP contribution in [0.25, 0.3) is 0 Å². The summed E-state index contributed by atoms with van der Waals surface area (Å²) < 4.78 is 0. The van der Waals surface area contributed by atoms with Gasteiger partial charge in [-0.1, -0.05) is 32.1 Å². The first kappa shape index (κ1) is 12.5. The van der Waals surface area contributed by atoms with Crippen molar-refractivity contribution >= 4 is 0 Å². The molecule has 0 unspecified atom stereocenters. The van der Waals surface area contributed by atoms with E-state index in [0.717, 1.165) is 24.7 Å². The van der Waals surface area contributed by atoms with Crippen LogP contribution in [0.3, 0.4) is 0 Å². The SMILES string of the molecule is c1cnnc(CNCC2CCCCCCC2)c1. The first-order valence-electron chi connectivity index (χ1n) is 6.92. The first-order valence-corrected chi connectivity index (χ1v) is 6.92. The third-order valence-corrected chi connectivity index (χ3v) is 3.59. The summed E-state index contributed by atoms with van der Waals surface area (Å²) in [6, 6.07) is 3.97. The van der Waals surface area contributed by atoms with Gasteiger partial charge in [0.25, 0.3) is 0 Å². The largest absolute Gasteiger partial charge is 0.311 e. The van der Waals surface area contributed by atoms with Crippen molar-refractivity contribution in [1.82, 2.24) is 15.5 Å². The molecule has 2 rings (SSSR count). The Morgan fingerprint density at radius 2 is 1.88 bits per heavy atom. The van der Waals surface area contributed by atoms with Gasteiger partial charge in [0, 0.05) is 12.7 Å². The Hall–Kier alpha value is -0.960. The summed E-state index contributed by atoms with van der Waals surface area (Å²) in [6.45, 7) is 1.99. The lowest BCUT2D eigenvalue weighted by Gasteiger charge is -2.19. The predicted octanol–water partition coefficient (Wildman–Crippen LogP) is 2.93. The van der Waals surface area contributed by atoms with Crippen LogP contribution in [-0.4, -0.2) is 16.7 Å². The number of nitrogens with zero attached hydrogens (tertiary/aromatic N) is 2. The zero-order valence-electron chi connectivity index (χ0n) is 10.6. The number of rotatable bonds is 4. The molecule has 1 aliphatic carbocycles. The van der Waals surface area contributed by atoms with Crippen LogP contribution in [0.4, 0.5) is 0 Å². The van der Waals surface area contributed by atoms with E-state index in [4.69, 9.17) is 0 Å². The van der Waals surface area contributed by atoms with Crippen LogP contribution in [0.1, 0.15) is 50.6 Å². The molecule has 0 aliphatic heterocycles. The number of hydrogen-bond acceptors (Lipinski definition) is 3. The molecule has 3 heteroatoms. The Kier molecular flexibility index (Phi) is 5.43. The summed E-state index contributed by atoms with van der Waals surface area (Å²) in [5, 5.41) is 11.5. The smallest absolute Gasteiger partial charge is 0.0768 e. The van der Waals surface area contributed by atoms with Gasteiger partial charge in [-0.05, 0) is 37.4 Å². The van der Waals surface area contributed by atoms with Crippen LogP contribution in [-0.2, 0) is 6.54 Å². The normalized spacial score (nSPS) is 18.6. The minimum atomic E-state index is 0.852. The zero-order chi connectivity index (χ0) is 11.8. The molecule has 17 heavy (non-hydrogen) atoms. The third kappa shape index (κ3) is 4.82. The number of nitrogens with one attached hydrogen (secondary N) is 1. The highest BCUT2D eigenvalue weighted by Gasteiger charge is 2.10. The van der Waals surface area contributed by atoms with Gasteiger partial charge in [-0.3, -0.25) is 0 Å². The van der Waals surface area contributed by atoms with Crippen LogP contribution in [0.2, 0.25) is 0 Å². The van der Waals surface area contributed by atoms with E-state index in [0.29, 0.717) is 0 Å². The maximum atomic E-state index is 4.08. The highest BCUT2D eigenvalue weighted by atomic mass is 15.1. The fourth-order valence-electron chi connectivity index (χ4n) is 2.58. The van der Waals surface area contributed by atoms with Crippen molar-refractivity contribution in [3.63, 3.8) is 0 Å². The average Bonchev–Trinajstić information content (AvgIpc) is 2.33. The van der Waals surface area contributed by atoms with Crippen molar-refractivity contribution in [3.05, 3.63) is 24.0 Å². The fourth-order valence-corrected chi connectivity index (χ4v) is 2.58. The lowest BCUT2D eigenvalue weighted by atomic mass is 9.91. The van der Waals surface area contributed by atoms with Gasteiger partial charge in [-0.25, -0.2) is 0 Å². The van der Waals surface area contributed by atoms with E-state index in [1.807, 2.05) is 12.1 Å². The van der Waals surface area contributed by atoms with Gasteiger partial charge in [-0.2, -0.15) is 10.2 Å². The number of aromatic nitrogens is 2. The van der Waals surface area contributed by atoms with Crippen LogP contribution in [0.5, 0.6) is 0 Å². The Morgan fingerprint density at radius 1 is 1.12 bits per heavy atom. The van der Waals surface area contributed by atoms with Crippen molar-refractivity contribution in [2.75, 3.05) is 6.54 Å². The molecule has 1 aliphatic rings. The van der Waals surface area contributed by atoms with Crippen molar-refractivity contribution < 1.29 is 0 Å². The van der Waals surface area contributed by atoms with Crippen LogP contribution >= 0.6 is 0 Å². The van der Waals surface area contributed by atoms with Gasteiger partial charge in [0.05, 0.1) is 5.69 Å². The van der Waals surface area contributed by atoms with E-state index < -0.39 is 0 Å². The molecule has 0 atom stereocenters. The standard InChI is InChI=1S/C14H23N3/c1-2-4-7-13(8-5-3-1)11-15-12-14-9-6-10-16-17-14/h6,9-10,13,15H,1-5,7-8,11-12H2. The Labute approximate surface area is 104 Å². The molecular weight excluding hydrogens is 210 g/mol. The molecule has 0 spiro atoms. The molecule has 0 bridgehead atoms. The molecular formula is C14H23N3. The van der Waals surface area contributed by atoms with Gasteiger partial charge in [0.15, 0.2) is 0 Å². The van der Waals surface area contributed by atoms with Gasteiger partial charge in [0.1, 0.15) is 0 Å².